The average molecular weight is 233 g/mol. The lowest BCUT2D eigenvalue weighted by atomic mass is 9.92. The van der Waals surface area contributed by atoms with Crippen LogP contribution in [0.2, 0.25) is 0 Å². The van der Waals surface area contributed by atoms with E-state index in [1.54, 1.807) is 0 Å². The lowest BCUT2D eigenvalue weighted by Crippen LogP contribution is -2.24. The summed E-state index contributed by atoms with van der Waals surface area (Å²) in [5, 5.41) is 0. The van der Waals surface area contributed by atoms with Gasteiger partial charge in [-0.05, 0) is 37.7 Å². The lowest BCUT2D eigenvalue weighted by Gasteiger charge is -2.18. The van der Waals surface area contributed by atoms with Gasteiger partial charge in [0.1, 0.15) is 0 Å². The highest BCUT2D eigenvalue weighted by Gasteiger charge is 2.10. The molecule has 1 nitrogen and oxygen atoms in total. The Labute approximate surface area is 106 Å². The molecule has 1 aromatic carbocycles. The molecular formula is C16H27N. The third-order valence-electron chi connectivity index (χ3n) is 3.72. The summed E-state index contributed by atoms with van der Waals surface area (Å²) >= 11 is 0. The molecule has 1 unspecified atom stereocenters. The highest BCUT2D eigenvalue weighted by Crippen LogP contribution is 2.16. The molecule has 0 aliphatic carbocycles. The second-order valence-corrected chi connectivity index (χ2v) is 5.20. The van der Waals surface area contributed by atoms with Crippen molar-refractivity contribution in [3.05, 3.63) is 35.4 Å². The van der Waals surface area contributed by atoms with Gasteiger partial charge in [-0.25, -0.2) is 0 Å². The molecule has 0 saturated heterocycles. The maximum atomic E-state index is 6.20. The second kappa shape index (κ2) is 7.50. The number of hydrogen-bond acceptors (Lipinski definition) is 1. The Morgan fingerprint density at radius 1 is 1.06 bits per heavy atom. The molecule has 2 N–H and O–H groups in total. The number of benzene rings is 1. The predicted molar refractivity (Wildman–Crippen MR) is 76.2 cm³/mol. The minimum atomic E-state index is 0.362. The van der Waals surface area contributed by atoms with Crippen LogP contribution in [0.15, 0.2) is 24.3 Å². The third kappa shape index (κ3) is 5.36. The van der Waals surface area contributed by atoms with Gasteiger partial charge in [0.2, 0.25) is 0 Å². The number of aryl methyl sites for hydroxylation is 2. The van der Waals surface area contributed by atoms with Gasteiger partial charge in [0.05, 0.1) is 0 Å². The molecule has 96 valence electrons. The summed E-state index contributed by atoms with van der Waals surface area (Å²) in [5.74, 6) is 0.808. The molecule has 1 rings (SSSR count). The summed E-state index contributed by atoms with van der Waals surface area (Å²) in [7, 11) is 0. The van der Waals surface area contributed by atoms with Crippen LogP contribution in [0.1, 0.15) is 50.7 Å². The zero-order valence-electron chi connectivity index (χ0n) is 11.6. The summed E-state index contributed by atoms with van der Waals surface area (Å²) in [6, 6.07) is 9.17. The van der Waals surface area contributed by atoms with E-state index in [4.69, 9.17) is 5.73 Å². The first-order valence-corrected chi connectivity index (χ1v) is 6.96. The summed E-state index contributed by atoms with van der Waals surface area (Å²) in [6.45, 7) is 6.66. The fraction of sp³-hybridized carbons (Fsp3) is 0.625. The maximum Gasteiger partial charge on any atom is 0.00446 e. The number of hydrogen-bond donors (Lipinski definition) is 1. The molecular weight excluding hydrogens is 206 g/mol. The van der Waals surface area contributed by atoms with E-state index in [9.17, 15) is 0 Å². The zero-order valence-corrected chi connectivity index (χ0v) is 11.6. The molecule has 0 saturated carbocycles. The lowest BCUT2D eigenvalue weighted by molar-refractivity contribution is 0.397. The van der Waals surface area contributed by atoms with Crippen LogP contribution in [0.25, 0.3) is 0 Å². The average Bonchev–Trinajstić information content (AvgIpc) is 2.35. The van der Waals surface area contributed by atoms with Gasteiger partial charge in [0.25, 0.3) is 0 Å². The van der Waals surface area contributed by atoms with Crippen molar-refractivity contribution in [3.63, 3.8) is 0 Å². The Hall–Kier alpha value is -0.820. The van der Waals surface area contributed by atoms with Gasteiger partial charge in [-0.1, -0.05) is 56.5 Å². The van der Waals surface area contributed by atoms with Gasteiger partial charge >= 0.3 is 0 Å². The van der Waals surface area contributed by atoms with Crippen molar-refractivity contribution in [2.24, 2.45) is 11.7 Å². The van der Waals surface area contributed by atoms with Gasteiger partial charge in [-0.15, -0.1) is 0 Å². The van der Waals surface area contributed by atoms with Crippen molar-refractivity contribution in [1.82, 2.24) is 0 Å². The molecule has 0 heterocycles. The summed E-state index contributed by atoms with van der Waals surface area (Å²) < 4.78 is 0. The standard InChI is InChI=1S/C16H27N/c1-4-14(5-2)12-16(17)11-10-15-8-6-13(3)7-9-15/h6-9,14,16H,4-5,10-12,17H2,1-3H3. The van der Waals surface area contributed by atoms with E-state index < -0.39 is 0 Å². The van der Waals surface area contributed by atoms with Gasteiger partial charge in [-0.2, -0.15) is 0 Å². The molecule has 17 heavy (non-hydrogen) atoms. The van der Waals surface area contributed by atoms with Crippen LogP contribution >= 0.6 is 0 Å². The van der Waals surface area contributed by atoms with Crippen LogP contribution < -0.4 is 5.73 Å². The molecule has 1 aromatic rings. The van der Waals surface area contributed by atoms with Crippen LogP contribution in [0.5, 0.6) is 0 Å². The first-order valence-electron chi connectivity index (χ1n) is 6.96. The minimum Gasteiger partial charge on any atom is -0.328 e. The monoisotopic (exact) mass is 233 g/mol. The van der Waals surface area contributed by atoms with Gasteiger partial charge in [0, 0.05) is 6.04 Å². The Kier molecular flexibility index (Phi) is 6.28. The van der Waals surface area contributed by atoms with Crippen LogP contribution in [0.4, 0.5) is 0 Å². The van der Waals surface area contributed by atoms with E-state index in [-0.39, 0.29) is 0 Å². The quantitative estimate of drug-likeness (QED) is 0.754. The van der Waals surface area contributed by atoms with E-state index in [0.29, 0.717) is 6.04 Å². The van der Waals surface area contributed by atoms with E-state index >= 15 is 0 Å². The Morgan fingerprint density at radius 3 is 2.18 bits per heavy atom. The van der Waals surface area contributed by atoms with E-state index in [1.165, 1.54) is 30.4 Å². The molecule has 0 radical (unpaired) electrons. The highest BCUT2D eigenvalue weighted by atomic mass is 14.6. The van der Waals surface area contributed by atoms with Gasteiger partial charge < -0.3 is 5.73 Å². The largest absolute Gasteiger partial charge is 0.328 e. The van der Waals surface area contributed by atoms with Crippen LogP contribution in [-0.4, -0.2) is 6.04 Å². The molecule has 0 fully saturated rings. The van der Waals surface area contributed by atoms with Crippen molar-refractivity contribution in [1.29, 1.82) is 0 Å². The fourth-order valence-electron chi connectivity index (χ4n) is 2.27. The van der Waals surface area contributed by atoms with Crippen LogP contribution in [0.3, 0.4) is 0 Å². The van der Waals surface area contributed by atoms with Crippen molar-refractivity contribution in [2.75, 3.05) is 0 Å². The van der Waals surface area contributed by atoms with Crippen LogP contribution in [0, 0.1) is 12.8 Å². The molecule has 0 aliphatic heterocycles. The molecule has 0 aromatic heterocycles. The first-order chi connectivity index (χ1) is 8.15. The number of nitrogens with two attached hydrogens (primary N) is 1. The topological polar surface area (TPSA) is 26.0 Å². The minimum absolute atomic E-state index is 0.362. The Morgan fingerprint density at radius 2 is 1.65 bits per heavy atom. The SMILES string of the molecule is CCC(CC)CC(N)CCc1ccc(C)cc1. The smallest absolute Gasteiger partial charge is 0.00446 e. The second-order valence-electron chi connectivity index (χ2n) is 5.20. The van der Waals surface area contributed by atoms with Crippen LogP contribution in [-0.2, 0) is 6.42 Å². The van der Waals surface area contributed by atoms with E-state index in [0.717, 1.165) is 18.8 Å². The molecule has 1 heteroatoms. The predicted octanol–water partition coefficient (Wildman–Crippen LogP) is 4.08. The number of rotatable bonds is 7. The normalized spacial score (nSPS) is 13.0. The molecule has 0 bridgehead atoms. The summed E-state index contributed by atoms with van der Waals surface area (Å²) in [4.78, 5) is 0. The Bertz CT molecular complexity index is 298. The third-order valence-corrected chi connectivity index (χ3v) is 3.72. The molecule has 0 aliphatic rings. The maximum absolute atomic E-state index is 6.20. The first kappa shape index (κ1) is 14.2. The van der Waals surface area contributed by atoms with Crippen molar-refractivity contribution in [3.8, 4) is 0 Å². The molecule has 0 spiro atoms. The van der Waals surface area contributed by atoms with Crippen molar-refractivity contribution < 1.29 is 0 Å². The fourth-order valence-corrected chi connectivity index (χ4v) is 2.27. The van der Waals surface area contributed by atoms with Gasteiger partial charge in [0.15, 0.2) is 0 Å². The van der Waals surface area contributed by atoms with Crippen molar-refractivity contribution in [2.45, 2.75) is 58.9 Å². The summed E-state index contributed by atoms with van der Waals surface area (Å²) in [6.07, 6.45) is 5.92. The molecule has 0 amide bonds. The van der Waals surface area contributed by atoms with E-state index in [2.05, 4.69) is 45.0 Å². The zero-order chi connectivity index (χ0) is 12.7. The Balaban J connectivity index is 2.32. The molecule has 1 atom stereocenters. The summed E-state index contributed by atoms with van der Waals surface area (Å²) in [5.41, 5.74) is 8.94. The van der Waals surface area contributed by atoms with Crippen molar-refractivity contribution >= 4 is 0 Å². The van der Waals surface area contributed by atoms with E-state index in [1.807, 2.05) is 0 Å². The highest BCUT2D eigenvalue weighted by molar-refractivity contribution is 5.21. The van der Waals surface area contributed by atoms with Gasteiger partial charge in [-0.3, -0.25) is 0 Å².